The fourth-order valence-corrected chi connectivity index (χ4v) is 16.3. The lowest BCUT2D eigenvalue weighted by atomic mass is 9.65. The van der Waals surface area contributed by atoms with E-state index in [0.29, 0.717) is 0 Å². The summed E-state index contributed by atoms with van der Waals surface area (Å²) in [4.78, 5) is 0. The van der Waals surface area contributed by atoms with Crippen molar-refractivity contribution in [2.75, 3.05) is 0 Å². The molecule has 0 saturated heterocycles. The maximum Gasteiger partial charge on any atom is 0.0541 e. The Balaban J connectivity index is 1.34. The minimum absolute atomic E-state index is 0.905. The van der Waals surface area contributed by atoms with Gasteiger partial charge in [0.25, 0.3) is 0 Å². The van der Waals surface area contributed by atoms with Crippen LogP contribution in [-0.2, 0) is 0 Å². The van der Waals surface area contributed by atoms with Gasteiger partial charge in [-0.25, -0.2) is 0 Å². The highest BCUT2D eigenvalue weighted by molar-refractivity contribution is 6.80. The molecular formula is C30H54Si. The van der Waals surface area contributed by atoms with E-state index in [2.05, 4.69) is 33.9 Å². The molecule has 0 aromatic heterocycles. The molecule has 0 radical (unpaired) electrons. The summed E-state index contributed by atoms with van der Waals surface area (Å²) in [6.07, 6.45) is 22.1. The van der Waals surface area contributed by atoms with Crippen molar-refractivity contribution < 1.29 is 0 Å². The zero-order chi connectivity index (χ0) is 21.8. The molecule has 0 aromatic rings. The standard InChI is InChI=1S/C30H54Si/c1-20(2)24-17-14-21(3)18-29(24)22-15-16-23(19-22)31(4,5)30-27-12-8-6-10-25(27)26-11-7-9-13-28(26)30/h20-30H,6-19H2,1-5H3/t21-,22?,23?,24+,25?,26?,27?,28?,29+,30?/m1/s1. The quantitative estimate of drug-likeness (QED) is 0.380. The molecule has 178 valence electrons. The van der Waals surface area contributed by atoms with Gasteiger partial charge in [0.15, 0.2) is 0 Å². The van der Waals surface area contributed by atoms with Crippen LogP contribution in [0.25, 0.3) is 0 Å². The predicted octanol–water partition coefficient (Wildman–Crippen LogP) is 9.57. The molecule has 1 heteroatoms. The van der Waals surface area contributed by atoms with Gasteiger partial charge in [0, 0.05) is 0 Å². The van der Waals surface area contributed by atoms with Gasteiger partial charge in [-0.05, 0) is 96.4 Å². The van der Waals surface area contributed by atoms with Crippen molar-refractivity contribution in [1.82, 2.24) is 0 Å². The van der Waals surface area contributed by atoms with Gasteiger partial charge in [-0.2, -0.15) is 0 Å². The molecular weight excluding hydrogens is 388 g/mol. The third kappa shape index (κ3) is 4.14. The number of hydrogen-bond donors (Lipinski definition) is 0. The average molecular weight is 443 g/mol. The normalized spacial score (nSPS) is 48.6. The van der Waals surface area contributed by atoms with Crippen molar-refractivity contribution >= 4 is 8.07 Å². The molecule has 5 aliphatic carbocycles. The zero-order valence-electron chi connectivity index (χ0n) is 21.8. The Morgan fingerprint density at radius 1 is 0.613 bits per heavy atom. The third-order valence-electron chi connectivity index (χ3n) is 12.3. The Kier molecular flexibility index (Phi) is 6.75. The largest absolute Gasteiger partial charge is 0.0689 e. The molecule has 9 atom stereocenters. The Hall–Kier alpha value is 0.217. The molecule has 0 bridgehead atoms. The van der Waals surface area contributed by atoms with Crippen LogP contribution in [0, 0.1) is 53.3 Å². The first kappa shape index (κ1) is 23.0. The monoisotopic (exact) mass is 442 g/mol. The van der Waals surface area contributed by atoms with E-state index in [1.807, 2.05) is 0 Å². The van der Waals surface area contributed by atoms with E-state index >= 15 is 0 Å². The Morgan fingerprint density at radius 3 is 1.77 bits per heavy atom. The first-order chi connectivity index (χ1) is 14.9. The van der Waals surface area contributed by atoms with Crippen LogP contribution in [0.15, 0.2) is 0 Å². The maximum atomic E-state index is 2.91. The summed E-state index contributed by atoms with van der Waals surface area (Å²) in [5.41, 5.74) is 2.34. The second-order valence-corrected chi connectivity index (χ2v) is 19.5. The molecule has 0 aromatic carbocycles. The molecule has 0 heterocycles. The van der Waals surface area contributed by atoms with Crippen molar-refractivity contribution in [2.45, 2.75) is 135 Å². The van der Waals surface area contributed by atoms with E-state index in [0.717, 1.165) is 58.8 Å². The minimum Gasteiger partial charge on any atom is -0.0689 e. The molecule has 0 nitrogen and oxygen atoms in total. The summed E-state index contributed by atoms with van der Waals surface area (Å²) >= 11 is 0. The van der Waals surface area contributed by atoms with E-state index in [9.17, 15) is 0 Å². The predicted molar refractivity (Wildman–Crippen MR) is 138 cm³/mol. The SMILES string of the molecule is CC(C)[C@@H]1CC[C@@H](C)C[C@H]1C1CCC([Si](C)(C)C2C3CCCCC3C3CCCCC32)C1. The van der Waals surface area contributed by atoms with Gasteiger partial charge >= 0.3 is 0 Å². The van der Waals surface area contributed by atoms with Crippen molar-refractivity contribution in [3.05, 3.63) is 0 Å². The van der Waals surface area contributed by atoms with E-state index in [-0.39, 0.29) is 0 Å². The van der Waals surface area contributed by atoms with E-state index in [4.69, 9.17) is 0 Å². The molecule has 0 amide bonds. The molecule has 0 aliphatic heterocycles. The summed E-state index contributed by atoms with van der Waals surface area (Å²) in [6.45, 7) is 13.4. The highest BCUT2D eigenvalue weighted by atomic mass is 28.3. The van der Waals surface area contributed by atoms with Crippen LogP contribution in [0.4, 0.5) is 0 Å². The first-order valence-corrected chi connectivity index (χ1v) is 18.0. The van der Waals surface area contributed by atoms with Gasteiger partial charge in [-0.3, -0.25) is 0 Å². The highest BCUT2D eigenvalue weighted by Crippen LogP contribution is 2.66. The highest BCUT2D eigenvalue weighted by Gasteiger charge is 2.58. The van der Waals surface area contributed by atoms with E-state index < -0.39 is 8.07 Å². The summed E-state index contributed by atoms with van der Waals surface area (Å²) in [5.74, 6) is 9.68. The molecule has 5 saturated carbocycles. The smallest absolute Gasteiger partial charge is 0.0541 e. The van der Waals surface area contributed by atoms with Crippen molar-refractivity contribution in [3.63, 3.8) is 0 Å². The number of hydrogen-bond acceptors (Lipinski definition) is 0. The first-order valence-electron chi connectivity index (χ1n) is 14.9. The lowest BCUT2D eigenvalue weighted by Crippen LogP contribution is -2.43. The van der Waals surface area contributed by atoms with Gasteiger partial charge in [-0.15, -0.1) is 0 Å². The van der Waals surface area contributed by atoms with Crippen LogP contribution in [0.2, 0.25) is 24.2 Å². The molecule has 0 N–H and O–H groups in total. The van der Waals surface area contributed by atoms with E-state index in [1.165, 1.54) is 18.4 Å². The third-order valence-corrected chi connectivity index (χ3v) is 17.5. The van der Waals surface area contributed by atoms with Gasteiger partial charge < -0.3 is 0 Å². The fourth-order valence-electron chi connectivity index (χ4n) is 10.9. The van der Waals surface area contributed by atoms with Gasteiger partial charge in [0.05, 0.1) is 8.07 Å². The second kappa shape index (κ2) is 9.11. The van der Waals surface area contributed by atoms with E-state index in [1.54, 1.807) is 77.0 Å². The molecule has 0 spiro atoms. The number of rotatable bonds is 4. The van der Waals surface area contributed by atoms with Crippen molar-refractivity contribution in [3.8, 4) is 0 Å². The Bertz CT molecular complexity index is 586. The topological polar surface area (TPSA) is 0 Å². The second-order valence-electron chi connectivity index (χ2n) is 14.3. The zero-order valence-corrected chi connectivity index (χ0v) is 22.8. The van der Waals surface area contributed by atoms with Gasteiger partial charge in [0.1, 0.15) is 0 Å². The van der Waals surface area contributed by atoms with Crippen LogP contribution >= 0.6 is 0 Å². The van der Waals surface area contributed by atoms with Crippen LogP contribution in [-0.4, -0.2) is 8.07 Å². The summed E-state index contributed by atoms with van der Waals surface area (Å²) in [6, 6.07) is 0. The summed E-state index contributed by atoms with van der Waals surface area (Å²) < 4.78 is 0. The molecule has 5 aliphatic rings. The van der Waals surface area contributed by atoms with Crippen LogP contribution in [0.5, 0.6) is 0 Å². The molecule has 5 fully saturated rings. The van der Waals surface area contributed by atoms with Crippen molar-refractivity contribution in [2.24, 2.45) is 53.3 Å². The minimum atomic E-state index is -1.23. The average Bonchev–Trinajstić information content (AvgIpc) is 3.37. The molecule has 31 heavy (non-hydrogen) atoms. The van der Waals surface area contributed by atoms with Gasteiger partial charge in [0.2, 0.25) is 0 Å². The van der Waals surface area contributed by atoms with Crippen molar-refractivity contribution in [1.29, 1.82) is 0 Å². The van der Waals surface area contributed by atoms with Gasteiger partial charge in [-0.1, -0.05) is 91.7 Å². The lowest BCUT2D eigenvalue weighted by molar-refractivity contribution is 0.0939. The number of fused-ring (bicyclic) bond motifs is 3. The fraction of sp³-hybridized carbons (Fsp3) is 1.00. The summed E-state index contributed by atoms with van der Waals surface area (Å²) in [5, 5.41) is 0. The Morgan fingerprint density at radius 2 is 1.19 bits per heavy atom. The van der Waals surface area contributed by atoms with Crippen LogP contribution in [0.1, 0.15) is 111 Å². The molecule has 5 rings (SSSR count). The lowest BCUT2D eigenvalue weighted by Gasteiger charge is -2.45. The Labute approximate surface area is 196 Å². The molecule has 6 unspecified atom stereocenters. The maximum absolute atomic E-state index is 2.91. The summed E-state index contributed by atoms with van der Waals surface area (Å²) in [7, 11) is -1.23. The van der Waals surface area contributed by atoms with Crippen LogP contribution in [0.3, 0.4) is 0 Å². The van der Waals surface area contributed by atoms with Crippen LogP contribution < -0.4 is 0 Å².